The Labute approximate surface area is 167 Å². The number of hydrogen-bond acceptors (Lipinski definition) is 4. The average Bonchev–Trinajstić information content (AvgIpc) is 2.90. The molecule has 0 aliphatic carbocycles. The standard InChI is InChI=1S/C20H20ClN3O4/c1-11-9-14(21)7-8-16(11)28-12(2)17(25)22-15-6-4-5-13(10-15)20(3)18(26)23-19(27)24-20/h4-10,12H,1-3H3,(H,22,25)(H2,23,24,26,27)/t12-,20-/m1/s1. The van der Waals surface area contributed by atoms with Gasteiger partial charge in [-0.25, -0.2) is 4.79 Å². The highest BCUT2D eigenvalue weighted by Gasteiger charge is 2.43. The van der Waals surface area contributed by atoms with E-state index in [9.17, 15) is 14.4 Å². The van der Waals surface area contributed by atoms with Crippen LogP contribution in [-0.2, 0) is 15.1 Å². The molecule has 0 unspecified atom stereocenters. The van der Waals surface area contributed by atoms with Crippen LogP contribution in [-0.4, -0.2) is 23.9 Å². The number of carbonyl (C=O) groups excluding carboxylic acids is 3. The molecule has 0 bridgehead atoms. The quantitative estimate of drug-likeness (QED) is 0.670. The minimum absolute atomic E-state index is 0.350. The molecule has 28 heavy (non-hydrogen) atoms. The average molecular weight is 402 g/mol. The van der Waals surface area contributed by atoms with Gasteiger partial charge in [-0.3, -0.25) is 14.9 Å². The lowest BCUT2D eigenvalue weighted by molar-refractivity contribution is -0.123. The molecule has 3 rings (SSSR count). The zero-order valence-electron chi connectivity index (χ0n) is 15.6. The van der Waals surface area contributed by atoms with Crippen molar-refractivity contribution in [2.45, 2.75) is 32.4 Å². The van der Waals surface area contributed by atoms with Gasteiger partial charge >= 0.3 is 6.03 Å². The van der Waals surface area contributed by atoms with Gasteiger partial charge in [-0.05, 0) is 62.2 Å². The summed E-state index contributed by atoms with van der Waals surface area (Å²) < 4.78 is 5.72. The summed E-state index contributed by atoms with van der Waals surface area (Å²) in [6.45, 7) is 5.08. The first-order valence-corrected chi connectivity index (χ1v) is 9.04. The van der Waals surface area contributed by atoms with Crippen molar-refractivity contribution in [3.63, 3.8) is 0 Å². The van der Waals surface area contributed by atoms with Crippen LogP contribution in [0.5, 0.6) is 5.75 Å². The van der Waals surface area contributed by atoms with Crippen LogP contribution < -0.4 is 20.7 Å². The predicted octanol–water partition coefficient (Wildman–Crippen LogP) is 3.11. The van der Waals surface area contributed by atoms with Gasteiger partial charge in [0.2, 0.25) is 0 Å². The summed E-state index contributed by atoms with van der Waals surface area (Å²) in [6.07, 6.45) is -0.756. The highest BCUT2D eigenvalue weighted by Crippen LogP contribution is 2.27. The lowest BCUT2D eigenvalue weighted by atomic mass is 9.92. The van der Waals surface area contributed by atoms with Gasteiger partial charge in [0.05, 0.1) is 0 Å². The fourth-order valence-electron chi connectivity index (χ4n) is 2.89. The summed E-state index contributed by atoms with van der Waals surface area (Å²) in [5, 5.41) is 8.17. The number of imide groups is 1. The summed E-state index contributed by atoms with van der Waals surface area (Å²) in [4.78, 5) is 36.1. The minimum Gasteiger partial charge on any atom is -0.481 e. The third kappa shape index (κ3) is 3.94. The van der Waals surface area contributed by atoms with Crippen molar-refractivity contribution in [1.82, 2.24) is 10.6 Å². The largest absolute Gasteiger partial charge is 0.481 e. The van der Waals surface area contributed by atoms with E-state index in [1.165, 1.54) is 0 Å². The third-order valence-corrected chi connectivity index (χ3v) is 4.80. The highest BCUT2D eigenvalue weighted by molar-refractivity contribution is 6.30. The van der Waals surface area contributed by atoms with E-state index >= 15 is 0 Å². The van der Waals surface area contributed by atoms with Crippen LogP contribution in [0.25, 0.3) is 0 Å². The Morgan fingerprint density at radius 1 is 1.21 bits per heavy atom. The van der Waals surface area contributed by atoms with Crippen molar-refractivity contribution in [2.24, 2.45) is 0 Å². The molecule has 2 aromatic rings. The predicted molar refractivity (Wildman–Crippen MR) is 105 cm³/mol. The van der Waals surface area contributed by atoms with E-state index in [-0.39, 0.29) is 5.91 Å². The molecular weight excluding hydrogens is 382 g/mol. The van der Waals surface area contributed by atoms with Gasteiger partial charge in [0.1, 0.15) is 11.3 Å². The van der Waals surface area contributed by atoms with Crippen LogP contribution in [0.15, 0.2) is 42.5 Å². The van der Waals surface area contributed by atoms with Gasteiger partial charge in [-0.2, -0.15) is 0 Å². The van der Waals surface area contributed by atoms with Gasteiger partial charge in [0, 0.05) is 10.7 Å². The topological polar surface area (TPSA) is 96.5 Å². The summed E-state index contributed by atoms with van der Waals surface area (Å²) in [7, 11) is 0. The molecule has 1 heterocycles. The second kappa shape index (κ2) is 7.52. The van der Waals surface area contributed by atoms with Crippen LogP contribution in [0, 0.1) is 6.92 Å². The van der Waals surface area contributed by atoms with E-state index in [4.69, 9.17) is 16.3 Å². The second-order valence-electron chi connectivity index (χ2n) is 6.77. The monoisotopic (exact) mass is 401 g/mol. The number of benzene rings is 2. The molecule has 8 heteroatoms. The Hall–Kier alpha value is -3.06. The molecule has 2 atom stereocenters. The Kier molecular flexibility index (Phi) is 5.29. The molecule has 0 spiro atoms. The number of urea groups is 1. The summed E-state index contributed by atoms with van der Waals surface area (Å²) >= 11 is 5.93. The van der Waals surface area contributed by atoms with E-state index in [0.717, 1.165) is 5.56 Å². The van der Waals surface area contributed by atoms with E-state index in [1.54, 1.807) is 56.3 Å². The number of anilines is 1. The molecule has 1 aliphatic rings. The molecule has 0 radical (unpaired) electrons. The van der Waals surface area contributed by atoms with Gasteiger partial charge in [0.25, 0.3) is 11.8 Å². The van der Waals surface area contributed by atoms with Gasteiger partial charge in [0.15, 0.2) is 6.10 Å². The molecule has 1 fully saturated rings. The molecule has 146 valence electrons. The molecule has 1 saturated heterocycles. The van der Waals surface area contributed by atoms with Crippen LogP contribution >= 0.6 is 11.6 Å². The van der Waals surface area contributed by atoms with Crippen LogP contribution in [0.3, 0.4) is 0 Å². The molecule has 1 aliphatic heterocycles. The first-order valence-electron chi connectivity index (χ1n) is 8.67. The SMILES string of the molecule is Cc1cc(Cl)ccc1O[C@H](C)C(=O)Nc1cccc([C@@]2(C)NC(=O)NC2=O)c1. The van der Waals surface area contributed by atoms with Crippen LogP contribution in [0.2, 0.25) is 5.02 Å². The maximum absolute atomic E-state index is 12.5. The van der Waals surface area contributed by atoms with E-state index in [2.05, 4.69) is 16.0 Å². The molecular formula is C20H20ClN3O4. The van der Waals surface area contributed by atoms with Crippen molar-refractivity contribution in [3.8, 4) is 5.75 Å². The van der Waals surface area contributed by atoms with Crippen molar-refractivity contribution >= 4 is 35.1 Å². The van der Waals surface area contributed by atoms with E-state index in [1.807, 2.05) is 6.92 Å². The van der Waals surface area contributed by atoms with Crippen LogP contribution in [0.1, 0.15) is 25.0 Å². The van der Waals surface area contributed by atoms with Crippen molar-refractivity contribution in [2.75, 3.05) is 5.32 Å². The zero-order valence-corrected chi connectivity index (χ0v) is 16.4. The fourth-order valence-corrected chi connectivity index (χ4v) is 3.11. The molecule has 2 aromatic carbocycles. The number of aryl methyl sites for hydroxylation is 1. The van der Waals surface area contributed by atoms with Crippen LogP contribution in [0.4, 0.5) is 10.5 Å². The lowest BCUT2D eigenvalue weighted by Gasteiger charge is -2.22. The number of amides is 4. The Morgan fingerprint density at radius 3 is 2.61 bits per heavy atom. The number of halogens is 1. The third-order valence-electron chi connectivity index (χ3n) is 4.56. The Morgan fingerprint density at radius 2 is 1.96 bits per heavy atom. The number of carbonyl (C=O) groups is 3. The summed E-state index contributed by atoms with van der Waals surface area (Å²) in [6, 6.07) is 11.3. The number of hydrogen-bond donors (Lipinski definition) is 3. The van der Waals surface area contributed by atoms with Gasteiger partial charge in [-0.15, -0.1) is 0 Å². The lowest BCUT2D eigenvalue weighted by Crippen LogP contribution is -2.40. The Balaban J connectivity index is 1.72. The highest BCUT2D eigenvalue weighted by atomic mass is 35.5. The number of ether oxygens (including phenoxy) is 1. The molecule has 0 aromatic heterocycles. The van der Waals surface area contributed by atoms with Gasteiger partial charge in [-0.1, -0.05) is 23.7 Å². The number of nitrogens with one attached hydrogen (secondary N) is 3. The molecule has 7 nitrogen and oxygen atoms in total. The molecule has 3 N–H and O–H groups in total. The summed E-state index contributed by atoms with van der Waals surface area (Å²) in [5.41, 5.74) is 0.669. The van der Waals surface area contributed by atoms with E-state index in [0.29, 0.717) is 22.0 Å². The first-order chi connectivity index (χ1) is 13.2. The molecule has 4 amide bonds. The second-order valence-corrected chi connectivity index (χ2v) is 7.21. The zero-order chi connectivity index (χ0) is 20.5. The van der Waals surface area contributed by atoms with Crippen molar-refractivity contribution < 1.29 is 19.1 Å². The maximum atomic E-state index is 12.5. The maximum Gasteiger partial charge on any atom is 0.322 e. The minimum atomic E-state index is -1.19. The number of rotatable bonds is 5. The smallest absolute Gasteiger partial charge is 0.322 e. The first kappa shape index (κ1) is 19.7. The molecule has 0 saturated carbocycles. The normalized spacial score (nSPS) is 19.6. The van der Waals surface area contributed by atoms with Gasteiger partial charge < -0.3 is 15.4 Å². The summed E-state index contributed by atoms with van der Waals surface area (Å²) in [5.74, 6) is -0.230. The fraction of sp³-hybridized carbons (Fsp3) is 0.250. The van der Waals surface area contributed by atoms with E-state index < -0.39 is 23.6 Å². The van der Waals surface area contributed by atoms with Crippen molar-refractivity contribution in [3.05, 3.63) is 58.6 Å². The van der Waals surface area contributed by atoms with Crippen molar-refractivity contribution in [1.29, 1.82) is 0 Å². The Bertz CT molecular complexity index is 962.